The summed E-state index contributed by atoms with van der Waals surface area (Å²) in [7, 11) is 0. The van der Waals surface area contributed by atoms with Crippen molar-refractivity contribution in [2.45, 2.75) is 32.4 Å². The maximum Gasteiger partial charge on any atom is 0.411 e. The van der Waals surface area contributed by atoms with Gasteiger partial charge in [0.15, 0.2) is 0 Å². The lowest BCUT2D eigenvalue weighted by molar-refractivity contribution is -0.173. The zero-order chi connectivity index (χ0) is 14.5. The highest BCUT2D eigenvalue weighted by Crippen LogP contribution is 2.14. The zero-order valence-corrected chi connectivity index (χ0v) is 10.4. The van der Waals surface area contributed by atoms with E-state index < -0.39 is 18.3 Å². The Balaban J connectivity index is 2.59. The summed E-state index contributed by atoms with van der Waals surface area (Å²) in [5, 5.41) is 9.54. The average molecular weight is 280 g/mol. The summed E-state index contributed by atoms with van der Waals surface area (Å²) in [5.41, 5.74) is -0.289. The summed E-state index contributed by atoms with van der Waals surface area (Å²) in [6, 6.07) is 0. The van der Waals surface area contributed by atoms with Gasteiger partial charge in [-0.15, -0.1) is 0 Å². The van der Waals surface area contributed by atoms with Crippen molar-refractivity contribution in [3.63, 3.8) is 0 Å². The van der Waals surface area contributed by atoms with Crippen LogP contribution in [0, 0.1) is 0 Å². The molecule has 0 aliphatic heterocycles. The average Bonchev–Trinajstić information content (AvgIpc) is 2.28. The van der Waals surface area contributed by atoms with Gasteiger partial charge in [0, 0.05) is 6.42 Å². The monoisotopic (exact) mass is 280 g/mol. The molecule has 108 valence electrons. The second-order valence-electron chi connectivity index (χ2n) is 3.98. The van der Waals surface area contributed by atoms with Crippen LogP contribution in [-0.4, -0.2) is 34.5 Å². The van der Waals surface area contributed by atoms with E-state index in [0.29, 0.717) is 12.8 Å². The highest BCUT2D eigenvalue weighted by molar-refractivity contribution is 5.22. The highest BCUT2D eigenvalue weighted by Gasteiger charge is 2.27. The molecule has 0 unspecified atom stereocenters. The Labute approximate surface area is 107 Å². The SMILES string of the molecule is CCCc1c(O)nc(CCOCC(F)(F)F)[nH]c1=O. The third-order valence-electron chi connectivity index (χ3n) is 2.29. The van der Waals surface area contributed by atoms with Gasteiger partial charge in [0.05, 0.1) is 12.2 Å². The molecular formula is C11H15F3N2O3. The zero-order valence-electron chi connectivity index (χ0n) is 10.4. The molecule has 2 N–H and O–H groups in total. The Morgan fingerprint density at radius 1 is 1.37 bits per heavy atom. The summed E-state index contributed by atoms with van der Waals surface area (Å²) >= 11 is 0. The number of aromatic hydroxyl groups is 1. The number of nitrogens with zero attached hydrogens (tertiary/aromatic N) is 1. The normalized spacial score (nSPS) is 11.8. The van der Waals surface area contributed by atoms with Crippen LogP contribution in [0.4, 0.5) is 13.2 Å². The smallest absolute Gasteiger partial charge is 0.411 e. The second-order valence-corrected chi connectivity index (χ2v) is 3.98. The third-order valence-corrected chi connectivity index (χ3v) is 2.29. The van der Waals surface area contributed by atoms with Crippen molar-refractivity contribution in [3.05, 3.63) is 21.7 Å². The quantitative estimate of drug-likeness (QED) is 0.775. The number of hydrogen-bond acceptors (Lipinski definition) is 4. The number of nitrogens with one attached hydrogen (secondary N) is 1. The highest BCUT2D eigenvalue weighted by atomic mass is 19.4. The Hall–Kier alpha value is -1.57. The van der Waals surface area contributed by atoms with Crippen LogP contribution in [-0.2, 0) is 17.6 Å². The number of H-pyrrole nitrogens is 1. The third kappa shape index (κ3) is 5.29. The van der Waals surface area contributed by atoms with Gasteiger partial charge in [0.2, 0.25) is 5.88 Å². The standard InChI is InChI=1S/C11H15F3N2O3/c1-2-3-7-9(17)15-8(16-10(7)18)4-5-19-6-11(12,13)14/h2-6H2,1H3,(H2,15,16,17,18). The lowest BCUT2D eigenvalue weighted by atomic mass is 10.2. The number of ether oxygens (including phenoxy) is 1. The molecule has 5 nitrogen and oxygen atoms in total. The fraction of sp³-hybridized carbons (Fsp3) is 0.636. The van der Waals surface area contributed by atoms with Crippen LogP contribution in [0.25, 0.3) is 0 Å². The molecular weight excluding hydrogens is 265 g/mol. The molecule has 0 radical (unpaired) electrons. The van der Waals surface area contributed by atoms with Crippen molar-refractivity contribution in [2.24, 2.45) is 0 Å². The predicted molar refractivity (Wildman–Crippen MR) is 61.1 cm³/mol. The molecule has 19 heavy (non-hydrogen) atoms. The van der Waals surface area contributed by atoms with E-state index in [1.165, 1.54) is 0 Å². The lowest BCUT2D eigenvalue weighted by Crippen LogP contribution is -2.20. The second kappa shape index (κ2) is 6.55. The molecule has 0 saturated carbocycles. The van der Waals surface area contributed by atoms with Gasteiger partial charge < -0.3 is 14.8 Å². The van der Waals surface area contributed by atoms with E-state index in [0.717, 1.165) is 0 Å². The molecule has 0 aliphatic carbocycles. The van der Waals surface area contributed by atoms with Gasteiger partial charge >= 0.3 is 6.18 Å². The van der Waals surface area contributed by atoms with E-state index in [9.17, 15) is 23.1 Å². The van der Waals surface area contributed by atoms with Crippen LogP contribution in [0.3, 0.4) is 0 Å². The van der Waals surface area contributed by atoms with E-state index in [4.69, 9.17) is 0 Å². The minimum atomic E-state index is -4.38. The molecule has 1 aromatic heterocycles. The molecule has 0 amide bonds. The number of halogens is 3. The molecule has 1 rings (SSSR count). The van der Waals surface area contributed by atoms with Crippen LogP contribution in [0.1, 0.15) is 24.7 Å². The van der Waals surface area contributed by atoms with Crippen LogP contribution < -0.4 is 5.56 Å². The summed E-state index contributed by atoms with van der Waals surface area (Å²) in [6.07, 6.45) is -3.33. The largest absolute Gasteiger partial charge is 0.493 e. The number of rotatable bonds is 6. The van der Waals surface area contributed by atoms with Crippen molar-refractivity contribution in [3.8, 4) is 5.88 Å². The topological polar surface area (TPSA) is 75.2 Å². The maximum absolute atomic E-state index is 11.8. The Morgan fingerprint density at radius 3 is 2.58 bits per heavy atom. The van der Waals surface area contributed by atoms with Crippen LogP contribution in [0.2, 0.25) is 0 Å². The maximum atomic E-state index is 11.8. The molecule has 1 heterocycles. The van der Waals surface area contributed by atoms with Crippen molar-refractivity contribution in [2.75, 3.05) is 13.2 Å². The van der Waals surface area contributed by atoms with Crippen LogP contribution in [0.5, 0.6) is 5.88 Å². The Kier molecular flexibility index (Phi) is 5.34. The first-order chi connectivity index (χ1) is 8.83. The molecule has 0 aromatic carbocycles. The van der Waals surface area contributed by atoms with Crippen molar-refractivity contribution < 1.29 is 23.0 Å². The minimum Gasteiger partial charge on any atom is -0.493 e. The summed E-state index contributed by atoms with van der Waals surface area (Å²) in [6.45, 7) is 0.254. The molecule has 0 atom stereocenters. The van der Waals surface area contributed by atoms with E-state index in [1.54, 1.807) is 0 Å². The fourth-order valence-corrected chi connectivity index (χ4v) is 1.48. The first kappa shape index (κ1) is 15.5. The summed E-state index contributed by atoms with van der Waals surface area (Å²) < 4.78 is 39.8. The predicted octanol–water partition coefficient (Wildman–Crippen LogP) is 1.55. The lowest BCUT2D eigenvalue weighted by Gasteiger charge is -2.08. The van der Waals surface area contributed by atoms with Gasteiger partial charge in [-0.3, -0.25) is 4.79 Å². The van der Waals surface area contributed by atoms with Gasteiger partial charge in [-0.05, 0) is 6.42 Å². The minimum absolute atomic E-state index is 0.00865. The molecule has 0 fully saturated rings. The summed E-state index contributed by atoms with van der Waals surface area (Å²) in [5.74, 6) is -0.277. The molecule has 0 saturated heterocycles. The fourth-order valence-electron chi connectivity index (χ4n) is 1.48. The van der Waals surface area contributed by atoms with Crippen molar-refractivity contribution in [1.29, 1.82) is 0 Å². The van der Waals surface area contributed by atoms with Gasteiger partial charge in [0.1, 0.15) is 12.4 Å². The molecule has 0 spiro atoms. The number of alkyl halides is 3. The van der Waals surface area contributed by atoms with E-state index in [-0.39, 0.29) is 30.3 Å². The van der Waals surface area contributed by atoms with Gasteiger partial charge in [-0.2, -0.15) is 18.2 Å². The number of aromatic amines is 1. The Bertz CT molecular complexity index is 471. The molecule has 8 heteroatoms. The molecule has 0 aliphatic rings. The number of aromatic nitrogens is 2. The van der Waals surface area contributed by atoms with E-state index in [2.05, 4.69) is 14.7 Å². The van der Waals surface area contributed by atoms with Crippen LogP contribution in [0.15, 0.2) is 4.79 Å². The molecule has 0 bridgehead atoms. The Morgan fingerprint density at radius 2 is 2.05 bits per heavy atom. The van der Waals surface area contributed by atoms with Gasteiger partial charge in [-0.25, -0.2) is 0 Å². The van der Waals surface area contributed by atoms with Gasteiger partial charge in [0.25, 0.3) is 5.56 Å². The van der Waals surface area contributed by atoms with Gasteiger partial charge in [-0.1, -0.05) is 13.3 Å². The van der Waals surface area contributed by atoms with Crippen LogP contribution >= 0.6 is 0 Å². The summed E-state index contributed by atoms with van der Waals surface area (Å²) in [4.78, 5) is 17.7. The number of hydrogen-bond donors (Lipinski definition) is 2. The molecule has 1 aromatic rings. The van der Waals surface area contributed by atoms with E-state index >= 15 is 0 Å². The first-order valence-corrected chi connectivity index (χ1v) is 5.79. The first-order valence-electron chi connectivity index (χ1n) is 5.79. The van der Waals surface area contributed by atoms with Crippen molar-refractivity contribution in [1.82, 2.24) is 9.97 Å². The van der Waals surface area contributed by atoms with E-state index in [1.807, 2.05) is 6.92 Å². The van der Waals surface area contributed by atoms with Crippen molar-refractivity contribution >= 4 is 0 Å².